The summed E-state index contributed by atoms with van der Waals surface area (Å²) in [7, 11) is 3.97. The minimum absolute atomic E-state index is 0.201. The number of aromatic nitrogens is 4. The van der Waals surface area contributed by atoms with Gasteiger partial charge >= 0.3 is 5.97 Å². The third-order valence-corrected chi connectivity index (χ3v) is 6.38. The molecule has 6 heteroatoms. The summed E-state index contributed by atoms with van der Waals surface area (Å²) < 4.78 is 3.92. The predicted molar refractivity (Wildman–Crippen MR) is 113 cm³/mol. The van der Waals surface area contributed by atoms with Gasteiger partial charge in [0.25, 0.3) is 0 Å². The molecule has 0 bridgehead atoms. The van der Waals surface area contributed by atoms with Gasteiger partial charge in [-0.15, -0.1) is 0 Å². The average molecular weight is 388 g/mol. The van der Waals surface area contributed by atoms with E-state index < -0.39 is 5.97 Å². The van der Waals surface area contributed by atoms with Crippen molar-refractivity contribution in [3.63, 3.8) is 0 Å². The Bertz CT molecular complexity index is 1230. The minimum Gasteiger partial charge on any atom is -0.481 e. The van der Waals surface area contributed by atoms with E-state index in [0.29, 0.717) is 5.92 Å². The molecule has 0 aliphatic heterocycles. The number of carbonyl (C=O) groups is 1. The van der Waals surface area contributed by atoms with E-state index in [0.717, 1.165) is 47.8 Å². The molecule has 3 heterocycles. The molecule has 0 unspecified atom stereocenters. The second kappa shape index (κ2) is 6.72. The number of benzene rings is 1. The first-order valence-electron chi connectivity index (χ1n) is 10.1. The Morgan fingerprint density at radius 1 is 1.07 bits per heavy atom. The van der Waals surface area contributed by atoms with Crippen LogP contribution in [0.2, 0.25) is 0 Å². The second-order valence-corrected chi connectivity index (χ2v) is 8.24. The number of nitrogens with zero attached hydrogens (tertiary/aromatic N) is 4. The zero-order valence-corrected chi connectivity index (χ0v) is 16.7. The molecular weight excluding hydrogens is 364 g/mol. The van der Waals surface area contributed by atoms with Crippen molar-refractivity contribution in [2.75, 3.05) is 0 Å². The first kappa shape index (κ1) is 17.9. The van der Waals surface area contributed by atoms with Gasteiger partial charge in [-0.1, -0.05) is 12.1 Å². The monoisotopic (exact) mass is 388 g/mol. The number of aryl methyl sites for hydroxylation is 2. The molecule has 1 aromatic carbocycles. The van der Waals surface area contributed by atoms with E-state index in [1.54, 1.807) is 0 Å². The lowest BCUT2D eigenvalue weighted by Gasteiger charge is -2.26. The number of fused-ring (bicyclic) bond motifs is 3. The van der Waals surface area contributed by atoms with Gasteiger partial charge in [0, 0.05) is 49.0 Å². The van der Waals surface area contributed by atoms with Gasteiger partial charge < -0.3 is 9.67 Å². The lowest BCUT2D eigenvalue weighted by Crippen LogP contribution is -2.20. The Hall–Kier alpha value is -3.15. The van der Waals surface area contributed by atoms with E-state index in [1.807, 2.05) is 37.4 Å². The number of hydrogen-bond donors (Lipinski definition) is 1. The number of aliphatic carboxylic acids is 1. The first-order chi connectivity index (χ1) is 14.0. The number of hydrogen-bond acceptors (Lipinski definition) is 3. The van der Waals surface area contributed by atoms with Crippen LogP contribution in [-0.4, -0.2) is 30.4 Å². The van der Waals surface area contributed by atoms with Gasteiger partial charge in [0.15, 0.2) is 0 Å². The first-order valence-corrected chi connectivity index (χ1v) is 10.1. The van der Waals surface area contributed by atoms with Crippen molar-refractivity contribution in [1.29, 1.82) is 0 Å². The molecule has 1 fully saturated rings. The SMILES string of the molecule is Cn1cc(-c2ccc3cnc4c(c3c2)c([C@H]2CC[C@H](C(=O)O)CC2)cn4C)cn1. The summed E-state index contributed by atoms with van der Waals surface area (Å²) in [6, 6.07) is 6.48. The highest BCUT2D eigenvalue weighted by molar-refractivity contribution is 6.08. The summed E-state index contributed by atoms with van der Waals surface area (Å²) in [5.41, 5.74) is 4.52. The quantitative estimate of drug-likeness (QED) is 0.561. The molecule has 4 aromatic rings. The van der Waals surface area contributed by atoms with Gasteiger partial charge in [-0.05, 0) is 54.2 Å². The summed E-state index contributed by atoms with van der Waals surface area (Å²) in [6.07, 6.45) is 11.4. The second-order valence-electron chi connectivity index (χ2n) is 8.24. The molecule has 1 aliphatic carbocycles. The van der Waals surface area contributed by atoms with Crippen LogP contribution in [0, 0.1) is 5.92 Å². The third kappa shape index (κ3) is 2.99. The van der Waals surface area contributed by atoms with E-state index in [2.05, 4.69) is 34.1 Å². The fraction of sp³-hybridized carbons (Fsp3) is 0.348. The zero-order chi connectivity index (χ0) is 20.1. The van der Waals surface area contributed by atoms with E-state index >= 15 is 0 Å². The summed E-state index contributed by atoms with van der Waals surface area (Å²) >= 11 is 0. The molecular formula is C23H24N4O2. The number of carboxylic acid groups (broad SMARTS) is 1. The van der Waals surface area contributed by atoms with E-state index in [4.69, 9.17) is 4.98 Å². The Morgan fingerprint density at radius 2 is 1.86 bits per heavy atom. The third-order valence-electron chi connectivity index (χ3n) is 6.38. The summed E-state index contributed by atoms with van der Waals surface area (Å²) in [4.78, 5) is 16.1. The van der Waals surface area contributed by atoms with Gasteiger partial charge in [0.05, 0.1) is 12.1 Å². The lowest BCUT2D eigenvalue weighted by molar-refractivity contribution is -0.142. The maximum atomic E-state index is 11.3. The van der Waals surface area contributed by atoms with Crippen molar-refractivity contribution in [3.05, 3.63) is 48.5 Å². The van der Waals surface area contributed by atoms with Gasteiger partial charge in [-0.3, -0.25) is 9.48 Å². The van der Waals surface area contributed by atoms with Crippen LogP contribution in [-0.2, 0) is 18.9 Å². The topological polar surface area (TPSA) is 72.9 Å². The molecule has 0 saturated heterocycles. The molecule has 0 atom stereocenters. The zero-order valence-electron chi connectivity index (χ0n) is 16.7. The normalized spacial score (nSPS) is 19.8. The highest BCUT2D eigenvalue weighted by Gasteiger charge is 2.29. The predicted octanol–water partition coefficient (Wildman–Crippen LogP) is 4.49. The molecule has 6 nitrogen and oxygen atoms in total. The maximum absolute atomic E-state index is 11.3. The van der Waals surface area contributed by atoms with Crippen LogP contribution in [0.25, 0.3) is 32.9 Å². The van der Waals surface area contributed by atoms with Gasteiger partial charge in [-0.2, -0.15) is 5.10 Å². The fourth-order valence-electron chi connectivity index (χ4n) is 4.80. The van der Waals surface area contributed by atoms with Crippen molar-refractivity contribution < 1.29 is 9.90 Å². The standard InChI is InChI=1S/C23H24N4O2/c1-26-13-20(14-3-5-15(6-4-14)23(28)29)21-19-9-16(18-11-25-27(2)12-18)7-8-17(19)10-24-22(21)26/h7-15H,3-6H2,1-2H3,(H,28,29)/t14-,15-. The van der Waals surface area contributed by atoms with Crippen molar-refractivity contribution in [3.8, 4) is 11.1 Å². The molecule has 1 N–H and O–H groups in total. The molecule has 1 aliphatic rings. The average Bonchev–Trinajstić information content (AvgIpc) is 3.31. The highest BCUT2D eigenvalue weighted by Crippen LogP contribution is 2.41. The van der Waals surface area contributed by atoms with E-state index in [1.165, 1.54) is 16.3 Å². The Balaban J connectivity index is 1.65. The van der Waals surface area contributed by atoms with Gasteiger partial charge in [0.2, 0.25) is 0 Å². The molecule has 3 aromatic heterocycles. The van der Waals surface area contributed by atoms with Crippen LogP contribution < -0.4 is 0 Å². The molecule has 5 rings (SSSR count). The molecule has 1 saturated carbocycles. The highest BCUT2D eigenvalue weighted by atomic mass is 16.4. The number of rotatable bonds is 3. The van der Waals surface area contributed by atoms with Crippen molar-refractivity contribution in [1.82, 2.24) is 19.3 Å². The van der Waals surface area contributed by atoms with Crippen LogP contribution in [0.1, 0.15) is 37.2 Å². The van der Waals surface area contributed by atoms with E-state index in [9.17, 15) is 9.90 Å². The lowest BCUT2D eigenvalue weighted by atomic mass is 9.78. The summed E-state index contributed by atoms with van der Waals surface area (Å²) in [6.45, 7) is 0. The smallest absolute Gasteiger partial charge is 0.306 e. The Kier molecular flexibility index (Phi) is 4.15. The largest absolute Gasteiger partial charge is 0.481 e. The summed E-state index contributed by atoms with van der Waals surface area (Å²) in [5.74, 6) is -0.480. The van der Waals surface area contributed by atoms with Gasteiger partial charge in [-0.25, -0.2) is 4.98 Å². The molecule has 148 valence electrons. The van der Waals surface area contributed by atoms with Crippen LogP contribution in [0.15, 0.2) is 43.0 Å². The van der Waals surface area contributed by atoms with Crippen molar-refractivity contribution >= 4 is 27.8 Å². The Morgan fingerprint density at radius 3 is 2.55 bits per heavy atom. The van der Waals surface area contributed by atoms with Crippen molar-refractivity contribution in [2.45, 2.75) is 31.6 Å². The van der Waals surface area contributed by atoms with Crippen molar-refractivity contribution in [2.24, 2.45) is 20.0 Å². The minimum atomic E-state index is -0.658. The Labute approximate surface area is 168 Å². The van der Waals surface area contributed by atoms with E-state index in [-0.39, 0.29) is 5.92 Å². The number of pyridine rings is 1. The maximum Gasteiger partial charge on any atom is 0.306 e. The van der Waals surface area contributed by atoms with Crippen LogP contribution in [0.4, 0.5) is 0 Å². The van der Waals surface area contributed by atoms with Gasteiger partial charge in [0.1, 0.15) is 5.65 Å². The van der Waals surface area contributed by atoms with Crippen LogP contribution in [0.3, 0.4) is 0 Å². The molecule has 0 amide bonds. The molecule has 0 radical (unpaired) electrons. The molecule has 0 spiro atoms. The summed E-state index contributed by atoms with van der Waals surface area (Å²) in [5, 5.41) is 17.2. The van der Waals surface area contributed by atoms with Crippen LogP contribution >= 0.6 is 0 Å². The fourth-order valence-corrected chi connectivity index (χ4v) is 4.80. The molecule has 29 heavy (non-hydrogen) atoms. The number of carboxylic acids is 1. The van der Waals surface area contributed by atoms with Crippen LogP contribution in [0.5, 0.6) is 0 Å².